The number of aromatic nitrogens is 4. The minimum atomic E-state index is 0.220. The van der Waals surface area contributed by atoms with Crippen LogP contribution in [-0.2, 0) is 6.42 Å². The van der Waals surface area contributed by atoms with Gasteiger partial charge in [-0.05, 0) is 28.1 Å². The number of hydrogen-bond acceptors (Lipinski definition) is 4. The SMILES string of the molecule is N#CCc1nc(-c2ncccc2Br)n[nH]1. The van der Waals surface area contributed by atoms with Gasteiger partial charge in [-0.2, -0.15) is 10.4 Å². The first kappa shape index (κ1) is 9.80. The van der Waals surface area contributed by atoms with Crippen molar-refractivity contribution in [2.75, 3.05) is 0 Å². The van der Waals surface area contributed by atoms with Gasteiger partial charge in [-0.1, -0.05) is 0 Å². The molecular weight excluding hydrogens is 258 g/mol. The zero-order chi connectivity index (χ0) is 10.7. The Bertz CT molecular complexity index is 513. The Morgan fingerprint density at radius 2 is 2.40 bits per heavy atom. The number of nitriles is 1. The Hall–Kier alpha value is -1.74. The standard InChI is InChI=1S/C9H6BrN5/c10-6-2-1-5-12-8(6)9-13-7(3-4-11)14-15-9/h1-2,5H,3H2,(H,13,14,15). The molecule has 74 valence electrons. The molecule has 15 heavy (non-hydrogen) atoms. The van der Waals surface area contributed by atoms with Crippen LogP contribution in [0.4, 0.5) is 0 Å². The molecular formula is C9H6BrN5. The normalized spacial score (nSPS) is 9.87. The van der Waals surface area contributed by atoms with Crippen LogP contribution in [0.1, 0.15) is 5.82 Å². The monoisotopic (exact) mass is 263 g/mol. The molecule has 6 heteroatoms. The Balaban J connectivity index is 2.38. The summed E-state index contributed by atoms with van der Waals surface area (Å²) >= 11 is 3.36. The van der Waals surface area contributed by atoms with Gasteiger partial charge in [-0.25, -0.2) is 4.98 Å². The van der Waals surface area contributed by atoms with Gasteiger partial charge < -0.3 is 0 Å². The maximum atomic E-state index is 8.49. The highest BCUT2D eigenvalue weighted by atomic mass is 79.9. The van der Waals surface area contributed by atoms with Crippen molar-refractivity contribution < 1.29 is 0 Å². The molecule has 2 heterocycles. The molecule has 1 N–H and O–H groups in total. The average molecular weight is 264 g/mol. The molecule has 0 aromatic carbocycles. The topological polar surface area (TPSA) is 78.2 Å². The second kappa shape index (κ2) is 4.19. The summed E-state index contributed by atoms with van der Waals surface area (Å²) in [5.41, 5.74) is 0.665. The van der Waals surface area contributed by atoms with E-state index in [1.54, 1.807) is 6.20 Å². The van der Waals surface area contributed by atoms with Crippen LogP contribution in [-0.4, -0.2) is 20.2 Å². The zero-order valence-electron chi connectivity index (χ0n) is 7.61. The van der Waals surface area contributed by atoms with Gasteiger partial charge in [0, 0.05) is 10.7 Å². The van der Waals surface area contributed by atoms with Gasteiger partial charge in [0.1, 0.15) is 11.5 Å². The summed E-state index contributed by atoms with van der Waals surface area (Å²) in [5, 5.41) is 15.2. The van der Waals surface area contributed by atoms with Crippen LogP contribution in [0.3, 0.4) is 0 Å². The van der Waals surface area contributed by atoms with E-state index in [4.69, 9.17) is 5.26 Å². The van der Waals surface area contributed by atoms with E-state index in [2.05, 4.69) is 36.1 Å². The lowest BCUT2D eigenvalue weighted by atomic mass is 10.3. The summed E-state index contributed by atoms with van der Waals surface area (Å²) in [6, 6.07) is 5.68. The van der Waals surface area contributed by atoms with Crippen LogP contribution in [0.15, 0.2) is 22.8 Å². The summed E-state index contributed by atoms with van der Waals surface area (Å²) in [7, 11) is 0. The maximum absolute atomic E-state index is 8.49. The molecule has 0 spiro atoms. The van der Waals surface area contributed by atoms with Gasteiger partial charge >= 0.3 is 0 Å². The third-order valence-electron chi connectivity index (χ3n) is 1.75. The fraction of sp³-hybridized carbons (Fsp3) is 0.111. The Morgan fingerprint density at radius 3 is 3.13 bits per heavy atom. The quantitative estimate of drug-likeness (QED) is 0.895. The second-order valence-corrected chi connectivity index (χ2v) is 3.63. The highest BCUT2D eigenvalue weighted by Gasteiger charge is 2.09. The van der Waals surface area contributed by atoms with E-state index in [1.165, 1.54) is 0 Å². The molecule has 0 bridgehead atoms. The summed E-state index contributed by atoms with van der Waals surface area (Å²) in [5.74, 6) is 1.04. The molecule has 0 amide bonds. The maximum Gasteiger partial charge on any atom is 0.200 e. The smallest absolute Gasteiger partial charge is 0.200 e. The fourth-order valence-corrected chi connectivity index (χ4v) is 1.54. The second-order valence-electron chi connectivity index (χ2n) is 2.77. The van der Waals surface area contributed by atoms with E-state index >= 15 is 0 Å². The highest BCUT2D eigenvalue weighted by Crippen LogP contribution is 2.21. The molecule has 2 aromatic rings. The van der Waals surface area contributed by atoms with E-state index < -0.39 is 0 Å². The van der Waals surface area contributed by atoms with Gasteiger partial charge in [-0.3, -0.25) is 10.1 Å². The summed E-state index contributed by atoms with van der Waals surface area (Å²) < 4.78 is 0.826. The van der Waals surface area contributed by atoms with Crippen molar-refractivity contribution in [3.63, 3.8) is 0 Å². The lowest BCUT2D eigenvalue weighted by Gasteiger charge is -1.95. The number of nitrogens with one attached hydrogen (secondary N) is 1. The van der Waals surface area contributed by atoms with Crippen LogP contribution < -0.4 is 0 Å². The average Bonchev–Trinajstić information content (AvgIpc) is 2.68. The fourth-order valence-electron chi connectivity index (χ4n) is 1.11. The predicted octanol–water partition coefficient (Wildman–Crippen LogP) is 1.70. The molecule has 0 saturated heterocycles. The molecule has 0 aliphatic carbocycles. The largest absolute Gasteiger partial charge is 0.262 e. The number of hydrogen-bond donors (Lipinski definition) is 1. The zero-order valence-corrected chi connectivity index (χ0v) is 9.19. The summed E-state index contributed by atoms with van der Waals surface area (Å²) in [6.45, 7) is 0. The molecule has 0 fully saturated rings. The minimum Gasteiger partial charge on any atom is -0.262 e. The minimum absolute atomic E-state index is 0.220. The van der Waals surface area contributed by atoms with Crippen LogP contribution >= 0.6 is 15.9 Å². The summed E-state index contributed by atoms with van der Waals surface area (Å²) in [6.07, 6.45) is 1.89. The van der Waals surface area contributed by atoms with Crippen LogP contribution in [0, 0.1) is 11.3 Å². The molecule has 5 nitrogen and oxygen atoms in total. The Labute approximate surface area is 94.3 Å². The van der Waals surface area contributed by atoms with Crippen molar-refractivity contribution in [3.05, 3.63) is 28.6 Å². The van der Waals surface area contributed by atoms with Crippen molar-refractivity contribution in [2.24, 2.45) is 0 Å². The first-order valence-electron chi connectivity index (χ1n) is 4.20. The number of H-pyrrole nitrogens is 1. The third-order valence-corrected chi connectivity index (χ3v) is 2.39. The van der Waals surface area contributed by atoms with Gasteiger partial charge in [0.2, 0.25) is 5.82 Å². The highest BCUT2D eigenvalue weighted by molar-refractivity contribution is 9.10. The van der Waals surface area contributed by atoms with Crippen molar-refractivity contribution in [2.45, 2.75) is 6.42 Å². The van der Waals surface area contributed by atoms with Gasteiger partial charge in [0.05, 0.1) is 12.5 Å². The lowest BCUT2D eigenvalue weighted by molar-refractivity contribution is 0.995. The third kappa shape index (κ3) is 2.02. The predicted molar refractivity (Wildman–Crippen MR) is 56.6 cm³/mol. The lowest BCUT2D eigenvalue weighted by Crippen LogP contribution is -1.87. The summed E-state index contributed by atoms with van der Waals surface area (Å²) in [4.78, 5) is 8.30. The Morgan fingerprint density at radius 1 is 1.53 bits per heavy atom. The molecule has 0 radical (unpaired) electrons. The molecule has 0 aliphatic heterocycles. The van der Waals surface area contributed by atoms with E-state index in [0.29, 0.717) is 17.3 Å². The van der Waals surface area contributed by atoms with Gasteiger partial charge in [0.15, 0.2) is 0 Å². The molecule has 0 aliphatic rings. The van der Waals surface area contributed by atoms with Gasteiger partial charge in [0.25, 0.3) is 0 Å². The van der Waals surface area contributed by atoms with E-state index in [9.17, 15) is 0 Å². The first-order chi connectivity index (χ1) is 7.31. The van der Waals surface area contributed by atoms with E-state index in [0.717, 1.165) is 4.47 Å². The van der Waals surface area contributed by atoms with Crippen LogP contribution in [0.5, 0.6) is 0 Å². The molecule has 0 saturated carbocycles. The van der Waals surface area contributed by atoms with Crippen molar-refractivity contribution in [1.82, 2.24) is 20.2 Å². The van der Waals surface area contributed by atoms with Crippen molar-refractivity contribution >= 4 is 15.9 Å². The van der Waals surface area contributed by atoms with Gasteiger partial charge in [-0.15, -0.1) is 0 Å². The molecule has 0 unspecified atom stereocenters. The number of rotatable bonds is 2. The number of pyridine rings is 1. The van der Waals surface area contributed by atoms with Crippen LogP contribution in [0.2, 0.25) is 0 Å². The van der Waals surface area contributed by atoms with Crippen molar-refractivity contribution in [3.8, 4) is 17.6 Å². The molecule has 0 atom stereocenters. The number of nitrogens with zero attached hydrogens (tertiary/aromatic N) is 4. The first-order valence-corrected chi connectivity index (χ1v) is 4.99. The number of halogens is 1. The number of aromatic amines is 1. The van der Waals surface area contributed by atoms with Crippen molar-refractivity contribution in [1.29, 1.82) is 5.26 Å². The van der Waals surface area contributed by atoms with E-state index in [1.807, 2.05) is 18.2 Å². The van der Waals surface area contributed by atoms with E-state index in [-0.39, 0.29) is 6.42 Å². The molecule has 2 aromatic heterocycles. The van der Waals surface area contributed by atoms with Crippen LogP contribution in [0.25, 0.3) is 11.5 Å². The Kier molecular flexibility index (Phi) is 2.74. The molecule has 2 rings (SSSR count).